The summed E-state index contributed by atoms with van der Waals surface area (Å²) in [4.78, 5) is 23.6. The van der Waals surface area contributed by atoms with Crippen molar-refractivity contribution in [3.63, 3.8) is 0 Å². The fourth-order valence-corrected chi connectivity index (χ4v) is 2.73. The van der Waals surface area contributed by atoms with Gasteiger partial charge in [0.25, 0.3) is 0 Å². The first-order valence-corrected chi connectivity index (χ1v) is 8.20. The fourth-order valence-electron chi connectivity index (χ4n) is 2.73. The lowest BCUT2D eigenvalue weighted by molar-refractivity contribution is -0.139. The van der Waals surface area contributed by atoms with Crippen LogP contribution in [0.15, 0.2) is 42.5 Å². The number of phenolic OH excluding ortho intramolecular Hbond substituents is 3. The van der Waals surface area contributed by atoms with E-state index in [-0.39, 0.29) is 35.9 Å². The van der Waals surface area contributed by atoms with Gasteiger partial charge in [-0.3, -0.25) is 4.79 Å². The van der Waals surface area contributed by atoms with Crippen LogP contribution in [0.25, 0.3) is 0 Å². The number of aliphatic carboxylic acids is 1. The highest BCUT2D eigenvalue weighted by Crippen LogP contribution is 2.32. The maximum Gasteiger partial charge on any atom is 0.342 e. The molecule has 0 bridgehead atoms. The van der Waals surface area contributed by atoms with Gasteiger partial charge < -0.3 is 30.9 Å². The van der Waals surface area contributed by atoms with Crippen molar-refractivity contribution in [2.24, 2.45) is 5.73 Å². The van der Waals surface area contributed by atoms with Crippen LogP contribution in [0.3, 0.4) is 0 Å². The lowest BCUT2D eigenvalue weighted by Gasteiger charge is -2.25. The summed E-state index contributed by atoms with van der Waals surface area (Å²) in [6.07, 6.45) is -0.680. The molecule has 0 spiro atoms. The first-order chi connectivity index (χ1) is 12.7. The van der Waals surface area contributed by atoms with Crippen LogP contribution in [0.4, 0.5) is 0 Å². The summed E-state index contributed by atoms with van der Waals surface area (Å²) in [7, 11) is 0. The highest BCUT2D eigenvalue weighted by atomic mass is 35.5. The SMILES string of the molecule is C[C@H](CC(c1ccc(O)c(O)c1)[C@H](N)C(=O)O)OC(=O)c1ccccc1O.Cl. The number of carboxylic acid groups (broad SMARTS) is 1. The van der Waals surface area contributed by atoms with Crippen LogP contribution in [0, 0.1) is 0 Å². The molecule has 9 heteroatoms. The largest absolute Gasteiger partial charge is 0.507 e. The highest BCUT2D eigenvalue weighted by molar-refractivity contribution is 5.92. The predicted octanol–water partition coefficient (Wildman–Crippen LogP) is 2.36. The minimum atomic E-state index is -1.32. The smallest absolute Gasteiger partial charge is 0.342 e. The zero-order chi connectivity index (χ0) is 20.1. The minimum Gasteiger partial charge on any atom is -0.507 e. The molecule has 2 aromatic rings. The Balaban J connectivity index is 0.00000392. The Bertz CT molecular complexity index is 843. The number of aromatic hydroxyl groups is 3. The molecule has 6 N–H and O–H groups in total. The predicted molar refractivity (Wildman–Crippen MR) is 103 cm³/mol. The molecule has 1 unspecified atom stereocenters. The van der Waals surface area contributed by atoms with Crippen molar-refractivity contribution in [1.29, 1.82) is 0 Å². The van der Waals surface area contributed by atoms with Gasteiger partial charge in [0, 0.05) is 5.92 Å². The fraction of sp³-hybridized carbons (Fsp3) is 0.263. The summed E-state index contributed by atoms with van der Waals surface area (Å²) < 4.78 is 5.29. The lowest BCUT2D eigenvalue weighted by Crippen LogP contribution is -2.38. The van der Waals surface area contributed by atoms with Crippen LogP contribution in [-0.2, 0) is 9.53 Å². The Hall–Kier alpha value is -2.97. The Morgan fingerprint density at radius 2 is 1.68 bits per heavy atom. The average molecular weight is 412 g/mol. The molecule has 0 aromatic heterocycles. The molecular formula is C19H22ClNO7. The number of ether oxygens (including phenoxy) is 1. The number of phenols is 3. The van der Waals surface area contributed by atoms with Gasteiger partial charge in [-0.2, -0.15) is 0 Å². The third-order valence-electron chi connectivity index (χ3n) is 4.16. The van der Waals surface area contributed by atoms with E-state index in [1.165, 1.54) is 30.3 Å². The van der Waals surface area contributed by atoms with E-state index in [0.29, 0.717) is 5.56 Å². The second kappa shape index (κ2) is 9.82. The van der Waals surface area contributed by atoms with E-state index in [0.717, 1.165) is 0 Å². The number of halogens is 1. The van der Waals surface area contributed by atoms with Crippen LogP contribution < -0.4 is 5.73 Å². The van der Waals surface area contributed by atoms with Crippen molar-refractivity contribution in [3.8, 4) is 17.2 Å². The number of para-hydroxylation sites is 1. The van der Waals surface area contributed by atoms with Crippen molar-refractivity contribution < 1.29 is 34.8 Å². The van der Waals surface area contributed by atoms with E-state index in [1.54, 1.807) is 19.1 Å². The third-order valence-corrected chi connectivity index (χ3v) is 4.16. The van der Waals surface area contributed by atoms with Gasteiger partial charge >= 0.3 is 11.9 Å². The normalized spacial score (nSPS) is 13.6. The molecule has 0 heterocycles. The summed E-state index contributed by atoms with van der Waals surface area (Å²) in [5.74, 6) is -3.78. The molecule has 3 atom stereocenters. The van der Waals surface area contributed by atoms with Crippen LogP contribution in [0.5, 0.6) is 17.2 Å². The Kier molecular flexibility index (Phi) is 8.09. The molecule has 0 radical (unpaired) electrons. The highest BCUT2D eigenvalue weighted by Gasteiger charge is 2.29. The third kappa shape index (κ3) is 5.51. The van der Waals surface area contributed by atoms with E-state index in [2.05, 4.69) is 0 Å². The zero-order valence-corrected chi connectivity index (χ0v) is 15.8. The van der Waals surface area contributed by atoms with Crippen LogP contribution >= 0.6 is 12.4 Å². The first-order valence-electron chi connectivity index (χ1n) is 8.20. The summed E-state index contributed by atoms with van der Waals surface area (Å²) in [5.41, 5.74) is 6.14. The van der Waals surface area contributed by atoms with E-state index in [1.807, 2.05) is 0 Å². The van der Waals surface area contributed by atoms with E-state index >= 15 is 0 Å². The standard InChI is InChI=1S/C19H21NO7.ClH/c1-10(27-19(26)12-4-2-3-5-14(12)21)8-13(17(20)18(24)25)11-6-7-15(22)16(23)9-11;/h2-7,9-10,13,17,21-23H,8,20H2,1H3,(H,24,25);1H/t10-,13?,17+;/m1./s1. The number of carbonyl (C=O) groups excluding carboxylic acids is 1. The summed E-state index contributed by atoms with van der Waals surface area (Å²) in [6.45, 7) is 1.57. The van der Waals surface area contributed by atoms with Gasteiger partial charge in [0.05, 0.1) is 0 Å². The molecule has 8 nitrogen and oxygen atoms in total. The Morgan fingerprint density at radius 3 is 2.25 bits per heavy atom. The first kappa shape index (κ1) is 23.1. The number of carboxylic acids is 1. The maximum atomic E-state index is 12.2. The van der Waals surface area contributed by atoms with E-state index in [9.17, 15) is 30.0 Å². The summed E-state index contributed by atoms with van der Waals surface area (Å²) in [5, 5.41) is 38.1. The van der Waals surface area contributed by atoms with Crippen LogP contribution in [-0.4, -0.2) is 44.5 Å². The topological polar surface area (TPSA) is 150 Å². The molecule has 0 amide bonds. The number of rotatable bonds is 7. The van der Waals surface area contributed by atoms with Crippen molar-refractivity contribution in [2.45, 2.75) is 31.4 Å². The molecule has 0 saturated carbocycles. The summed E-state index contributed by atoms with van der Waals surface area (Å²) in [6, 6.07) is 8.47. The van der Waals surface area contributed by atoms with Gasteiger partial charge in [-0.1, -0.05) is 18.2 Å². The van der Waals surface area contributed by atoms with Crippen LogP contribution in [0.1, 0.15) is 35.2 Å². The monoisotopic (exact) mass is 411 g/mol. The number of carbonyl (C=O) groups is 2. The Morgan fingerprint density at radius 1 is 1.04 bits per heavy atom. The molecule has 0 aliphatic heterocycles. The number of benzene rings is 2. The van der Waals surface area contributed by atoms with Gasteiger partial charge in [0.15, 0.2) is 11.5 Å². The van der Waals surface area contributed by atoms with Gasteiger partial charge in [0.2, 0.25) is 0 Å². The number of esters is 1. The number of hydrogen-bond donors (Lipinski definition) is 5. The molecule has 28 heavy (non-hydrogen) atoms. The average Bonchev–Trinajstić information content (AvgIpc) is 2.61. The van der Waals surface area contributed by atoms with Gasteiger partial charge in [0.1, 0.15) is 23.5 Å². The molecule has 152 valence electrons. The molecule has 2 rings (SSSR count). The molecule has 0 aliphatic carbocycles. The van der Waals surface area contributed by atoms with Gasteiger partial charge in [-0.25, -0.2) is 4.79 Å². The quantitative estimate of drug-likeness (QED) is 0.344. The molecule has 0 saturated heterocycles. The second-order valence-electron chi connectivity index (χ2n) is 6.19. The van der Waals surface area contributed by atoms with Crippen molar-refractivity contribution in [3.05, 3.63) is 53.6 Å². The second-order valence-corrected chi connectivity index (χ2v) is 6.19. The van der Waals surface area contributed by atoms with Crippen LogP contribution in [0.2, 0.25) is 0 Å². The van der Waals surface area contributed by atoms with Gasteiger partial charge in [-0.15, -0.1) is 12.4 Å². The van der Waals surface area contributed by atoms with E-state index < -0.39 is 35.8 Å². The van der Waals surface area contributed by atoms with E-state index in [4.69, 9.17) is 10.5 Å². The molecular weight excluding hydrogens is 390 g/mol. The van der Waals surface area contributed by atoms with Crippen molar-refractivity contribution in [1.82, 2.24) is 0 Å². The van der Waals surface area contributed by atoms with Gasteiger partial charge in [-0.05, 0) is 43.2 Å². The molecule has 0 aliphatic rings. The maximum absolute atomic E-state index is 12.2. The number of hydrogen-bond acceptors (Lipinski definition) is 7. The molecule has 2 aromatic carbocycles. The minimum absolute atomic E-state index is 0. The zero-order valence-electron chi connectivity index (χ0n) is 15.0. The number of nitrogens with two attached hydrogens (primary N) is 1. The molecule has 0 fully saturated rings. The van der Waals surface area contributed by atoms with Crippen molar-refractivity contribution >= 4 is 24.3 Å². The summed E-state index contributed by atoms with van der Waals surface area (Å²) >= 11 is 0. The van der Waals surface area contributed by atoms with Crippen molar-refractivity contribution in [2.75, 3.05) is 0 Å². The Labute approximate surface area is 167 Å². The lowest BCUT2D eigenvalue weighted by atomic mass is 9.87.